The number of anilines is 3. The van der Waals surface area contributed by atoms with Gasteiger partial charge in [-0.2, -0.15) is 11.3 Å². The normalized spacial score (nSPS) is 10.3. The minimum absolute atomic E-state index is 0.263. The number of hydrogen-bond acceptors (Lipinski definition) is 4. The van der Waals surface area contributed by atoms with Crippen molar-refractivity contribution in [2.45, 2.75) is 0 Å². The third kappa shape index (κ3) is 2.34. The Morgan fingerprint density at radius 3 is 2.80 bits per heavy atom. The number of nitrogens with zero attached hydrogens (tertiary/aromatic N) is 1. The van der Waals surface area contributed by atoms with Crippen molar-refractivity contribution >= 4 is 51.9 Å². The molecule has 0 aliphatic rings. The second-order valence-corrected chi connectivity index (χ2v) is 4.42. The number of nitrogen functional groups attached to an aromatic ring is 1. The summed E-state index contributed by atoms with van der Waals surface area (Å²) in [5.41, 5.74) is 6.51. The lowest BCUT2D eigenvalue weighted by Gasteiger charge is -2.07. The molecule has 0 spiro atoms. The molecule has 2 aromatic heterocycles. The van der Waals surface area contributed by atoms with Crippen molar-refractivity contribution in [2.24, 2.45) is 0 Å². The van der Waals surface area contributed by atoms with Crippen LogP contribution in [-0.2, 0) is 0 Å². The lowest BCUT2D eigenvalue weighted by Crippen LogP contribution is -1.98. The first-order valence-electron chi connectivity index (χ1n) is 4.07. The van der Waals surface area contributed by atoms with Crippen LogP contribution in [0.2, 0.25) is 10.0 Å². The molecule has 0 atom stereocenters. The largest absolute Gasteiger partial charge is 0.382 e. The van der Waals surface area contributed by atoms with Gasteiger partial charge in [-0.25, -0.2) is 4.98 Å². The van der Waals surface area contributed by atoms with Gasteiger partial charge in [0.15, 0.2) is 5.82 Å². The van der Waals surface area contributed by atoms with E-state index in [0.717, 1.165) is 5.69 Å². The van der Waals surface area contributed by atoms with E-state index in [1.54, 1.807) is 17.4 Å². The summed E-state index contributed by atoms with van der Waals surface area (Å²) in [4.78, 5) is 4.05. The van der Waals surface area contributed by atoms with E-state index in [-0.39, 0.29) is 5.82 Å². The molecule has 0 amide bonds. The van der Waals surface area contributed by atoms with Crippen molar-refractivity contribution in [1.29, 1.82) is 0 Å². The summed E-state index contributed by atoms with van der Waals surface area (Å²) in [6, 6.07) is 3.49. The number of hydrogen-bond donors (Lipinski definition) is 2. The van der Waals surface area contributed by atoms with Crippen molar-refractivity contribution in [3.63, 3.8) is 0 Å². The van der Waals surface area contributed by atoms with Gasteiger partial charge in [0.05, 0.1) is 15.7 Å². The Bertz CT molecular complexity index is 470. The summed E-state index contributed by atoms with van der Waals surface area (Å²) in [6.45, 7) is 0. The molecule has 3 nitrogen and oxygen atoms in total. The molecule has 2 rings (SSSR count). The van der Waals surface area contributed by atoms with Crippen LogP contribution >= 0.6 is 34.5 Å². The van der Waals surface area contributed by atoms with Gasteiger partial charge in [0, 0.05) is 5.38 Å². The number of pyridine rings is 1. The zero-order valence-electron chi connectivity index (χ0n) is 7.50. The topological polar surface area (TPSA) is 50.9 Å². The van der Waals surface area contributed by atoms with E-state index in [2.05, 4.69) is 10.3 Å². The summed E-state index contributed by atoms with van der Waals surface area (Å²) in [6.07, 6.45) is 0. The Kier molecular flexibility index (Phi) is 3.00. The van der Waals surface area contributed by atoms with Crippen molar-refractivity contribution in [3.05, 3.63) is 32.9 Å². The van der Waals surface area contributed by atoms with E-state index in [1.165, 1.54) is 0 Å². The van der Waals surface area contributed by atoms with Gasteiger partial charge in [-0.1, -0.05) is 23.2 Å². The van der Waals surface area contributed by atoms with Crippen LogP contribution in [0.3, 0.4) is 0 Å². The lowest BCUT2D eigenvalue weighted by molar-refractivity contribution is 1.32. The van der Waals surface area contributed by atoms with Crippen molar-refractivity contribution in [1.82, 2.24) is 4.98 Å². The summed E-state index contributed by atoms with van der Waals surface area (Å²) >= 11 is 13.3. The Morgan fingerprint density at radius 1 is 1.33 bits per heavy atom. The Morgan fingerprint density at radius 2 is 2.13 bits per heavy atom. The van der Waals surface area contributed by atoms with Gasteiger partial charge in [0.2, 0.25) is 0 Å². The number of thiophene rings is 1. The molecular formula is C9H7Cl2N3S. The molecule has 3 N–H and O–H groups in total. The minimum Gasteiger partial charge on any atom is -0.382 e. The monoisotopic (exact) mass is 259 g/mol. The van der Waals surface area contributed by atoms with Crippen LogP contribution in [0.5, 0.6) is 0 Å². The molecule has 15 heavy (non-hydrogen) atoms. The zero-order valence-corrected chi connectivity index (χ0v) is 9.83. The summed E-state index contributed by atoms with van der Waals surface area (Å²) in [5, 5.41) is 7.75. The molecule has 0 fully saturated rings. The molecule has 78 valence electrons. The van der Waals surface area contributed by atoms with Crippen molar-refractivity contribution in [2.75, 3.05) is 11.1 Å². The van der Waals surface area contributed by atoms with Crippen LogP contribution in [-0.4, -0.2) is 4.98 Å². The van der Waals surface area contributed by atoms with Crippen LogP contribution in [0.4, 0.5) is 17.3 Å². The molecular weight excluding hydrogens is 253 g/mol. The molecule has 0 aliphatic heterocycles. The molecule has 0 aromatic carbocycles. The van der Waals surface area contributed by atoms with Gasteiger partial charge in [-0.05, 0) is 17.5 Å². The fourth-order valence-corrected chi connectivity index (χ4v) is 2.03. The SMILES string of the molecule is Nc1nc(Nc2ccsc2)c(Cl)cc1Cl. The first kappa shape index (κ1) is 10.5. The first-order valence-corrected chi connectivity index (χ1v) is 5.77. The second kappa shape index (κ2) is 4.26. The molecule has 0 unspecified atom stereocenters. The molecule has 6 heteroatoms. The van der Waals surface area contributed by atoms with Gasteiger partial charge < -0.3 is 11.1 Å². The molecule has 0 radical (unpaired) electrons. The highest BCUT2D eigenvalue weighted by atomic mass is 35.5. The van der Waals surface area contributed by atoms with Crippen molar-refractivity contribution < 1.29 is 0 Å². The third-order valence-electron chi connectivity index (χ3n) is 1.74. The highest BCUT2D eigenvalue weighted by Gasteiger charge is 2.07. The number of halogens is 2. The Balaban J connectivity index is 2.33. The van der Waals surface area contributed by atoms with Crippen molar-refractivity contribution in [3.8, 4) is 0 Å². The first-order chi connectivity index (χ1) is 7.16. The average molecular weight is 260 g/mol. The van der Waals surface area contributed by atoms with E-state index < -0.39 is 0 Å². The second-order valence-electron chi connectivity index (χ2n) is 2.82. The average Bonchev–Trinajstić information content (AvgIpc) is 2.67. The van der Waals surface area contributed by atoms with Gasteiger partial charge >= 0.3 is 0 Å². The Labute approximate surface area is 101 Å². The van der Waals surface area contributed by atoms with E-state index >= 15 is 0 Å². The summed E-state index contributed by atoms with van der Waals surface area (Å²) in [7, 11) is 0. The summed E-state index contributed by atoms with van der Waals surface area (Å²) < 4.78 is 0. The molecule has 0 aliphatic carbocycles. The van der Waals surface area contributed by atoms with Crippen LogP contribution in [0.25, 0.3) is 0 Å². The molecule has 0 saturated carbocycles. The highest BCUT2D eigenvalue weighted by Crippen LogP contribution is 2.29. The fraction of sp³-hybridized carbons (Fsp3) is 0. The quantitative estimate of drug-likeness (QED) is 0.863. The van der Waals surface area contributed by atoms with Crippen LogP contribution < -0.4 is 11.1 Å². The maximum Gasteiger partial charge on any atom is 0.151 e. The maximum atomic E-state index is 5.96. The molecule has 0 bridgehead atoms. The smallest absolute Gasteiger partial charge is 0.151 e. The predicted octanol–water partition coefficient (Wildman–Crippen LogP) is 3.78. The zero-order chi connectivity index (χ0) is 10.8. The molecule has 2 heterocycles. The number of nitrogens with one attached hydrogen (secondary N) is 1. The lowest BCUT2D eigenvalue weighted by atomic mass is 10.4. The fourth-order valence-electron chi connectivity index (χ4n) is 1.04. The predicted molar refractivity (Wildman–Crippen MR) is 66.3 cm³/mol. The molecule has 0 saturated heterocycles. The van der Waals surface area contributed by atoms with Crippen LogP contribution in [0.15, 0.2) is 22.9 Å². The van der Waals surface area contributed by atoms with Gasteiger partial charge in [-0.3, -0.25) is 0 Å². The standard InChI is InChI=1S/C9H7Cl2N3S/c10-6-3-7(11)9(14-8(6)12)13-5-1-2-15-4-5/h1-4H,(H3,12,13,14). The highest BCUT2D eigenvalue weighted by molar-refractivity contribution is 7.08. The van der Waals surface area contributed by atoms with E-state index in [1.807, 2.05) is 16.8 Å². The van der Waals surface area contributed by atoms with Crippen LogP contribution in [0, 0.1) is 0 Å². The van der Waals surface area contributed by atoms with E-state index in [9.17, 15) is 0 Å². The maximum absolute atomic E-state index is 5.96. The van der Waals surface area contributed by atoms with Crippen LogP contribution in [0.1, 0.15) is 0 Å². The van der Waals surface area contributed by atoms with Gasteiger partial charge in [0.1, 0.15) is 5.82 Å². The minimum atomic E-state index is 0.263. The number of aromatic nitrogens is 1. The van der Waals surface area contributed by atoms with Gasteiger partial charge in [0.25, 0.3) is 0 Å². The Hall–Kier alpha value is -0.970. The number of nitrogens with two attached hydrogens (primary N) is 1. The van der Waals surface area contributed by atoms with E-state index in [4.69, 9.17) is 28.9 Å². The number of rotatable bonds is 2. The van der Waals surface area contributed by atoms with Gasteiger partial charge in [-0.15, -0.1) is 0 Å². The summed E-state index contributed by atoms with van der Waals surface area (Å²) in [5.74, 6) is 0.774. The van der Waals surface area contributed by atoms with E-state index in [0.29, 0.717) is 15.9 Å². The third-order valence-corrected chi connectivity index (χ3v) is 3.01. The molecule has 2 aromatic rings.